The maximum Gasteiger partial charge on any atom is 0.315 e. The lowest BCUT2D eigenvalue weighted by Gasteiger charge is -2.30. The van der Waals surface area contributed by atoms with Crippen LogP contribution < -0.4 is 10.6 Å². The molecule has 0 spiro atoms. The largest absolute Gasteiger partial charge is 0.396 e. The summed E-state index contributed by atoms with van der Waals surface area (Å²) in [6.45, 7) is 8.38. The normalized spacial score (nSPS) is 19.1. The van der Waals surface area contributed by atoms with Crippen molar-refractivity contribution in [2.75, 3.05) is 32.8 Å². The van der Waals surface area contributed by atoms with Crippen molar-refractivity contribution in [3.05, 3.63) is 0 Å². The zero-order chi connectivity index (χ0) is 14.1. The number of carbonyl (C=O) groups is 1. The summed E-state index contributed by atoms with van der Waals surface area (Å²) in [6.07, 6.45) is 4.08. The summed E-state index contributed by atoms with van der Waals surface area (Å²) in [6, 6.07) is 0.0128. The van der Waals surface area contributed by atoms with Gasteiger partial charge in [0.15, 0.2) is 0 Å². The van der Waals surface area contributed by atoms with Crippen LogP contribution in [0.1, 0.15) is 39.5 Å². The van der Waals surface area contributed by atoms with Crippen LogP contribution in [-0.2, 0) is 0 Å². The number of hydrogen-bond acceptors (Lipinski definition) is 3. The summed E-state index contributed by atoms with van der Waals surface area (Å²) in [7, 11) is 0. The van der Waals surface area contributed by atoms with E-state index in [1.807, 2.05) is 6.92 Å². The van der Waals surface area contributed by atoms with Crippen molar-refractivity contribution in [1.82, 2.24) is 15.5 Å². The van der Waals surface area contributed by atoms with Gasteiger partial charge in [0.1, 0.15) is 0 Å². The molecule has 0 radical (unpaired) electrons. The van der Waals surface area contributed by atoms with E-state index in [-0.39, 0.29) is 18.7 Å². The average Bonchev–Trinajstić information content (AvgIpc) is 2.38. The van der Waals surface area contributed by atoms with Crippen molar-refractivity contribution < 1.29 is 9.90 Å². The first-order chi connectivity index (χ1) is 9.11. The quantitative estimate of drug-likeness (QED) is 0.651. The molecule has 0 aromatic carbocycles. The van der Waals surface area contributed by atoms with Crippen LogP contribution in [0, 0.1) is 5.92 Å². The van der Waals surface area contributed by atoms with Crippen LogP contribution in [0.25, 0.3) is 0 Å². The Kier molecular flexibility index (Phi) is 7.82. The molecule has 1 unspecified atom stereocenters. The Balaban J connectivity index is 2.03. The molecule has 1 fully saturated rings. The van der Waals surface area contributed by atoms with Crippen molar-refractivity contribution in [2.45, 2.75) is 45.6 Å². The van der Waals surface area contributed by atoms with E-state index >= 15 is 0 Å². The minimum absolute atomic E-state index is 0.101. The highest BCUT2D eigenvalue weighted by Gasteiger charge is 2.15. The highest BCUT2D eigenvalue weighted by Crippen LogP contribution is 2.14. The lowest BCUT2D eigenvalue weighted by Crippen LogP contribution is -2.44. The molecular formula is C14H29N3O2. The third kappa shape index (κ3) is 7.38. The minimum atomic E-state index is -0.101. The molecule has 1 saturated heterocycles. The van der Waals surface area contributed by atoms with Gasteiger partial charge in [0.25, 0.3) is 0 Å². The monoisotopic (exact) mass is 271 g/mol. The number of nitrogens with one attached hydrogen (secondary N) is 2. The Morgan fingerprint density at radius 3 is 2.74 bits per heavy atom. The molecule has 0 saturated carbocycles. The Morgan fingerprint density at radius 1 is 1.42 bits per heavy atom. The molecule has 19 heavy (non-hydrogen) atoms. The molecule has 0 aromatic heterocycles. The Hall–Kier alpha value is -0.810. The van der Waals surface area contributed by atoms with E-state index < -0.39 is 0 Å². The smallest absolute Gasteiger partial charge is 0.315 e. The highest BCUT2D eigenvalue weighted by atomic mass is 16.3. The summed E-state index contributed by atoms with van der Waals surface area (Å²) in [5.74, 6) is 0.847. The summed E-state index contributed by atoms with van der Waals surface area (Å²) >= 11 is 0. The van der Waals surface area contributed by atoms with Crippen molar-refractivity contribution in [1.29, 1.82) is 0 Å². The van der Waals surface area contributed by atoms with E-state index in [2.05, 4.69) is 22.5 Å². The predicted octanol–water partition coefficient (Wildman–Crippen LogP) is 1.18. The van der Waals surface area contributed by atoms with Gasteiger partial charge in [0.05, 0.1) is 0 Å². The Bertz CT molecular complexity index is 253. The second-order valence-corrected chi connectivity index (χ2v) is 5.69. The number of nitrogens with zero attached hydrogens (tertiary/aromatic N) is 1. The third-order valence-corrected chi connectivity index (χ3v) is 3.76. The van der Waals surface area contributed by atoms with E-state index in [0.29, 0.717) is 6.54 Å². The Labute approximate surface area is 116 Å². The van der Waals surface area contributed by atoms with Gasteiger partial charge in [-0.05, 0) is 51.6 Å². The summed E-state index contributed by atoms with van der Waals surface area (Å²) in [4.78, 5) is 14.0. The summed E-state index contributed by atoms with van der Waals surface area (Å²) < 4.78 is 0. The van der Waals surface area contributed by atoms with E-state index in [1.54, 1.807) is 0 Å². The number of urea groups is 1. The minimum Gasteiger partial charge on any atom is -0.396 e. The number of rotatable bonds is 7. The molecule has 1 atom stereocenters. The molecule has 1 rings (SSSR count). The number of aliphatic hydroxyl groups excluding tert-OH is 1. The van der Waals surface area contributed by atoms with E-state index in [1.165, 1.54) is 12.8 Å². The summed E-state index contributed by atoms with van der Waals surface area (Å²) in [5.41, 5.74) is 0. The van der Waals surface area contributed by atoms with Crippen molar-refractivity contribution in [3.63, 3.8) is 0 Å². The molecular weight excluding hydrogens is 242 g/mol. The predicted molar refractivity (Wildman–Crippen MR) is 77.2 cm³/mol. The molecule has 1 aliphatic rings. The van der Waals surface area contributed by atoms with Crippen molar-refractivity contribution in [3.8, 4) is 0 Å². The van der Waals surface area contributed by atoms with Crippen LogP contribution >= 0.6 is 0 Å². The first kappa shape index (κ1) is 16.2. The van der Waals surface area contributed by atoms with E-state index in [4.69, 9.17) is 5.11 Å². The van der Waals surface area contributed by atoms with Crippen LogP contribution in [0.2, 0.25) is 0 Å². The zero-order valence-electron chi connectivity index (χ0n) is 12.3. The lowest BCUT2D eigenvalue weighted by atomic mass is 9.99. The topological polar surface area (TPSA) is 64.6 Å². The van der Waals surface area contributed by atoms with Crippen LogP contribution in [0.5, 0.6) is 0 Å². The van der Waals surface area contributed by atoms with Crippen LogP contribution in [0.3, 0.4) is 0 Å². The lowest BCUT2D eigenvalue weighted by molar-refractivity contribution is 0.191. The van der Waals surface area contributed by atoms with Gasteiger partial charge >= 0.3 is 6.03 Å². The van der Waals surface area contributed by atoms with Gasteiger partial charge < -0.3 is 20.6 Å². The molecule has 3 N–H and O–H groups in total. The highest BCUT2D eigenvalue weighted by molar-refractivity contribution is 5.74. The molecule has 2 amide bonds. The first-order valence-corrected chi connectivity index (χ1v) is 7.49. The SMILES string of the molecule is CC1CCN(CCNC(=O)NC(C)CCCO)CC1. The number of aliphatic hydroxyl groups is 1. The maximum atomic E-state index is 11.6. The van der Waals surface area contributed by atoms with Gasteiger partial charge in [0.2, 0.25) is 0 Å². The molecule has 5 heteroatoms. The number of likely N-dealkylation sites (tertiary alicyclic amines) is 1. The van der Waals surface area contributed by atoms with Crippen molar-refractivity contribution in [2.24, 2.45) is 5.92 Å². The van der Waals surface area contributed by atoms with E-state index in [9.17, 15) is 4.79 Å². The fourth-order valence-electron chi connectivity index (χ4n) is 2.36. The number of piperidine rings is 1. The van der Waals surface area contributed by atoms with Crippen LogP contribution in [0.4, 0.5) is 4.79 Å². The van der Waals surface area contributed by atoms with E-state index in [0.717, 1.165) is 38.4 Å². The second kappa shape index (κ2) is 9.15. The van der Waals surface area contributed by atoms with Crippen LogP contribution in [0.15, 0.2) is 0 Å². The number of carbonyl (C=O) groups excluding carboxylic acids is 1. The van der Waals surface area contributed by atoms with Gasteiger partial charge in [-0.1, -0.05) is 6.92 Å². The van der Waals surface area contributed by atoms with Crippen LogP contribution in [-0.4, -0.2) is 54.9 Å². The Morgan fingerprint density at radius 2 is 2.11 bits per heavy atom. The fourth-order valence-corrected chi connectivity index (χ4v) is 2.36. The molecule has 112 valence electrons. The summed E-state index contributed by atoms with van der Waals surface area (Å²) in [5, 5.41) is 14.5. The number of amides is 2. The van der Waals surface area contributed by atoms with Gasteiger partial charge in [-0.3, -0.25) is 0 Å². The second-order valence-electron chi connectivity index (χ2n) is 5.69. The fraction of sp³-hybridized carbons (Fsp3) is 0.929. The molecule has 5 nitrogen and oxygen atoms in total. The molecule has 0 aromatic rings. The standard InChI is InChI=1S/C14H29N3O2/c1-12-5-8-17(9-6-12)10-7-15-14(19)16-13(2)4-3-11-18/h12-13,18H,3-11H2,1-2H3,(H2,15,16,19). The number of hydrogen-bond donors (Lipinski definition) is 3. The zero-order valence-corrected chi connectivity index (χ0v) is 12.3. The average molecular weight is 271 g/mol. The van der Waals surface area contributed by atoms with Gasteiger partial charge in [-0.25, -0.2) is 4.79 Å². The third-order valence-electron chi connectivity index (χ3n) is 3.76. The van der Waals surface area contributed by atoms with Gasteiger partial charge in [-0.2, -0.15) is 0 Å². The van der Waals surface area contributed by atoms with Gasteiger partial charge in [0, 0.05) is 25.7 Å². The van der Waals surface area contributed by atoms with Crippen molar-refractivity contribution >= 4 is 6.03 Å². The molecule has 0 aliphatic carbocycles. The first-order valence-electron chi connectivity index (χ1n) is 7.49. The van der Waals surface area contributed by atoms with Gasteiger partial charge in [-0.15, -0.1) is 0 Å². The molecule has 0 bridgehead atoms. The molecule has 1 heterocycles. The molecule has 1 aliphatic heterocycles. The maximum absolute atomic E-state index is 11.6.